The largest absolute Gasteiger partial charge is 0.310 e. The Morgan fingerprint density at radius 3 is 1.93 bits per heavy atom. The van der Waals surface area contributed by atoms with Gasteiger partial charge in [-0.05, 0) is 101 Å². The number of pyridine rings is 1. The topological polar surface area (TPSA) is 22.2 Å². The van der Waals surface area contributed by atoms with Crippen LogP contribution in [0.25, 0.3) is 83.3 Å². The molecular weight excluding hydrogens is 558 g/mol. The van der Waals surface area contributed by atoms with E-state index in [2.05, 4.69) is 161 Å². The van der Waals surface area contributed by atoms with E-state index >= 15 is 0 Å². The van der Waals surface area contributed by atoms with E-state index in [-0.39, 0.29) is 0 Å². The van der Waals surface area contributed by atoms with E-state index in [0.717, 1.165) is 29.5 Å². The van der Waals surface area contributed by atoms with Crippen LogP contribution in [0.15, 0.2) is 146 Å². The number of benzene rings is 6. The van der Waals surface area contributed by atoms with Crippen LogP contribution in [0.2, 0.25) is 0 Å². The number of para-hydroxylation sites is 4. The summed E-state index contributed by atoms with van der Waals surface area (Å²) in [5, 5.41) is 5.00. The van der Waals surface area contributed by atoms with Crippen molar-refractivity contribution in [2.45, 2.75) is 12.8 Å². The van der Waals surface area contributed by atoms with E-state index in [1.807, 2.05) is 0 Å². The molecule has 0 aliphatic heterocycles. The maximum atomic E-state index is 5.06. The number of imidazole rings is 1. The van der Waals surface area contributed by atoms with E-state index in [9.17, 15) is 0 Å². The predicted octanol–water partition coefficient (Wildman–Crippen LogP) is 11.0. The lowest BCUT2D eigenvalue weighted by Gasteiger charge is -2.13. The molecule has 0 fully saturated rings. The fourth-order valence-corrected chi connectivity index (χ4v) is 7.61. The Bertz CT molecular complexity index is 2670. The lowest BCUT2D eigenvalue weighted by atomic mass is 9.97. The van der Waals surface area contributed by atoms with Crippen molar-refractivity contribution in [2.24, 2.45) is 0 Å². The number of rotatable bonds is 3. The van der Waals surface area contributed by atoms with Crippen molar-refractivity contribution in [3.05, 3.63) is 157 Å². The van der Waals surface area contributed by atoms with Crippen molar-refractivity contribution < 1.29 is 0 Å². The van der Waals surface area contributed by atoms with E-state index in [0.29, 0.717) is 0 Å². The van der Waals surface area contributed by atoms with E-state index < -0.39 is 0 Å². The van der Waals surface area contributed by atoms with Crippen LogP contribution in [0.5, 0.6) is 0 Å². The molecule has 0 saturated carbocycles. The highest BCUT2D eigenvalue weighted by Gasteiger charge is 2.18. The summed E-state index contributed by atoms with van der Waals surface area (Å²) in [4.78, 5) is 5.06. The first-order valence-electron chi connectivity index (χ1n) is 16.0. The molecule has 1 aliphatic rings. The molecule has 0 unspecified atom stereocenters. The van der Waals surface area contributed by atoms with Gasteiger partial charge in [-0.25, -0.2) is 4.98 Å². The van der Waals surface area contributed by atoms with Crippen molar-refractivity contribution in [1.29, 1.82) is 0 Å². The fraction of sp³-hybridized carbons (Fsp3) is 0.0465. The van der Waals surface area contributed by atoms with Crippen LogP contribution in [0, 0.1) is 0 Å². The highest BCUT2D eigenvalue weighted by Crippen LogP contribution is 2.37. The minimum absolute atomic E-state index is 1.00. The van der Waals surface area contributed by atoms with Crippen LogP contribution in [0.3, 0.4) is 0 Å². The molecular formula is C43H29N3. The van der Waals surface area contributed by atoms with Crippen molar-refractivity contribution in [1.82, 2.24) is 14.0 Å². The van der Waals surface area contributed by atoms with Crippen LogP contribution >= 0.6 is 0 Å². The molecule has 9 aromatic rings. The molecule has 1 aliphatic carbocycles. The Morgan fingerprint density at radius 2 is 1.13 bits per heavy atom. The van der Waals surface area contributed by atoms with Crippen molar-refractivity contribution in [3.8, 4) is 27.9 Å². The summed E-state index contributed by atoms with van der Waals surface area (Å²) in [6.45, 7) is 0. The van der Waals surface area contributed by atoms with E-state index in [4.69, 9.17) is 4.98 Å². The Kier molecular flexibility index (Phi) is 5.40. The molecule has 0 bridgehead atoms. The smallest absolute Gasteiger partial charge is 0.146 e. The first-order valence-corrected chi connectivity index (χ1v) is 16.0. The normalized spacial score (nSPS) is 13.0. The number of allylic oxidation sites excluding steroid dienone is 1. The molecule has 0 saturated heterocycles. The SMILES string of the molecule is C1=Cc2c(c3ccccc3n2-c2ccc(-c3ccc(-c4ccc5c(c4)c4ccccc4n4c6ccccc6nc54)cc3)cc2)CC1. The van der Waals surface area contributed by atoms with E-state index in [1.165, 1.54) is 71.8 Å². The quantitative estimate of drug-likeness (QED) is 0.189. The van der Waals surface area contributed by atoms with Gasteiger partial charge in [0, 0.05) is 27.5 Å². The van der Waals surface area contributed by atoms with Crippen molar-refractivity contribution in [3.63, 3.8) is 0 Å². The number of hydrogen-bond donors (Lipinski definition) is 0. The Hall–Kier alpha value is -5.93. The van der Waals surface area contributed by atoms with Gasteiger partial charge in [0.05, 0.1) is 22.1 Å². The predicted molar refractivity (Wildman–Crippen MR) is 193 cm³/mol. The Balaban J connectivity index is 1.03. The van der Waals surface area contributed by atoms with Crippen LogP contribution < -0.4 is 0 Å². The van der Waals surface area contributed by atoms with Gasteiger partial charge in [-0.3, -0.25) is 4.40 Å². The number of aromatic nitrogens is 3. The second-order valence-electron chi connectivity index (χ2n) is 12.3. The number of hydrogen-bond acceptors (Lipinski definition) is 1. The van der Waals surface area contributed by atoms with Gasteiger partial charge in [0.2, 0.25) is 0 Å². The molecule has 6 aromatic carbocycles. The van der Waals surface area contributed by atoms with Crippen LogP contribution in [-0.4, -0.2) is 14.0 Å². The maximum Gasteiger partial charge on any atom is 0.146 e. The molecule has 0 atom stereocenters. The number of nitrogens with zero attached hydrogens (tertiary/aromatic N) is 3. The number of fused-ring (bicyclic) bond motifs is 11. The third-order valence-corrected chi connectivity index (χ3v) is 9.79. The van der Waals surface area contributed by atoms with Crippen LogP contribution in [0.1, 0.15) is 17.7 Å². The molecule has 3 heteroatoms. The molecule has 3 nitrogen and oxygen atoms in total. The minimum atomic E-state index is 1.00. The van der Waals surface area contributed by atoms with E-state index in [1.54, 1.807) is 0 Å². The van der Waals surface area contributed by atoms with Gasteiger partial charge in [-0.1, -0.05) is 97.1 Å². The third-order valence-electron chi connectivity index (χ3n) is 9.79. The summed E-state index contributed by atoms with van der Waals surface area (Å²) >= 11 is 0. The zero-order chi connectivity index (χ0) is 30.2. The molecule has 46 heavy (non-hydrogen) atoms. The molecule has 0 amide bonds. The second kappa shape index (κ2) is 9.79. The van der Waals surface area contributed by atoms with Gasteiger partial charge < -0.3 is 4.57 Å². The second-order valence-corrected chi connectivity index (χ2v) is 12.3. The average Bonchev–Trinajstić information content (AvgIpc) is 3.69. The van der Waals surface area contributed by atoms with Gasteiger partial charge in [-0.15, -0.1) is 0 Å². The molecule has 0 radical (unpaired) electrons. The monoisotopic (exact) mass is 587 g/mol. The third kappa shape index (κ3) is 3.69. The van der Waals surface area contributed by atoms with Gasteiger partial charge >= 0.3 is 0 Å². The summed E-state index contributed by atoms with van der Waals surface area (Å²) in [5.74, 6) is 0. The zero-order valence-electron chi connectivity index (χ0n) is 25.2. The van der Waals surface area contributed by atoms with Crippen LogP contribution in [0.4, 0.5) is 0 Å². The average molecular weight is 588 g/mol. The van der Waals surface area contributed by atoms with Crippen LogP contribution in [-0.2, 0) is 6.42 Å². The Labute approximate surface area is 266 Å². The molecule has 10 rings (SSSR count). The van der Waals surface area contributed by atoms with Crippen molar-refractivity contribution in [2.75, 3.05) is 0 Å². The highest BCUT2D eigenvalue weighted by molar-refractivity contribution is 6.14. The zero-order valence-corrected chi connectivity index (χ0v) is 25.2. The number of aryl methyl sites for hydroxylation is 1. The minimum Gasteiger partial charge on any atom is -0.310 e. The van der Waals surface area contributed by atoms with Gasteiger partial charge in [0.1, 0.15) is 5.65 Å². The standard InChI is InChI=1S/C43H29N3/c1-5-13-39-33(9-1)34-10-2-6-14-40(34)45(39)32-24-21-29(22-25-32)28-17-19-30(20-18-28)31-23-26-36-37(27-31)35-11-3-7-15-41(35)46-42-16-8-4-12-38(42)44-43(36)46/h1,3-9,11-27H,2,10H2. The molecule has 3 aromatic heterocycles. The molecule has 3 heterocycles. The summed E-state index contributed by atoms with van der Waals surface area (Å²) in [5.41, 5.74) is 14.4. The van der Waals surface area contributed by atoms with Gasteiger partial charge in [0.15, 0.2) is 0 Å². The molecule has 0 spiro atoms. The molecule has 216 valence electrons. The maximum absolute atomic E-state index is 5.06. The summed E-state index contributed by atoms with van der Waals surface area (Å²) in [6, 6.07) is 50.7. The van der Waals surface area contributed by atoms with Gasteiger partial charge in [-0.2, -0.15) is 0 Å². The summed E-state index contributed by atoms with van der Waals surface area (Å²) in [7, 11) is 0. The fourth-order valence-electron chi connectivity index (χ4n) is 7.61. The summed E-state index contributed by atoms with van der Waals surface area (Å²) in [6.07, 6.45) is 6.80. The lowest BCUT2D eigenvalue weighted by molar-refractivity contribution is 0.967. The Morgan fingerprint density at radius 1 is 0.500 bits per heavy atom. The van der Waals surface area contributed by atoms with Crippen molar-refractivity contribution >= 4 is 55.3 Å². The van der Waals surface area contributed by atoms with Gasteiger partial charge in [0.25, 0.3) is 0 Å². The summed E-state index contributed by atoms with van der Waals surface area (Å²) < 4.78 is 4.72. The first kappa shape index (κ1) is 25.4. The first-order chi connectivity index (χ1) is 22.8. The molecule has 0 N–H and O–H groups in total. The highest BCUT2D eigenvalue weighted by atomic mass is 15.0. The lowest BCUT2D eigenvalue weighted by Crippen LogP contribution is -2.00.